The normalized spacial score (nSPS) is 15.4. The molecule has 214 valence electrons. The van der Waals surface area contributed by atoms with Crippen LogP contribution < -0.4 is 15.4 Å². The van der Waals surface area contributed by atoms with Gasteiger partial charge in [0.2, 0.25) is 5.91 Å². The summed E-state index contributed by atoms with van der Waals surface area (Å²) >= 11 is 1.17. The summed E-state index contributed by atoms with van der Waals surface area (Å²) in [6.45, 7) is -1.59. The molecule has 2 heterocycles. The van der Waals surface area contributed by atoms with Crippen LogP contribution in [0.15, 0.2) is 42.5 Å². The molecule has 1 aliphatic rings. The molecule has 0 aliphatic carbocycles. The third-order valence-electron chi connectivity index (χ3n) is 5.82. The Kier molecular flexibility index (Phi) is 8.33. The minimum atomic E-state index is -4.61. The molecule has 4 rings (SSSR count). The van der Waals surface area contributed by atoms with Gasteiger partial charge in [0.15, 0.2) is 18.2 Å². The van der Waals surface area contributed by atoms with E-state index in [9.17, 15) is 31.5 Å². The minimum Gasteiger partial charge on any atom is -0.484 e. The zero-order valence-corrected chi connectivity index (χ0v) is 21.4. The molecule has 2 N–H and O–H groups in total. The Morgan fingerprint density at radius 1 is 1.15 bits per heavy atom. The van der Waals surface area contributed by atoms with Gasteiger partial charge in [-0.15, -0.1) is 0 Å². The first kappa shape index (κ1) is 29.2. The maximum absolute atomic E-state index is 15.4. The number of carbonyl (C=O) groups excluding carboxylic acids is 2. The quantitative estimate of drug-likeness (QED) is 0.346. The molecule has 15 heteroatoms. The Balaban J connectivity index is 1.63. The molecule has 0 spiro atoms. The van der Waals surface area contributed by atoms with E-state index in [1.165, 1.54) is 30.0 Å². The summed E-state index contributed by atoms with van der Waals surface area (Å²) in [6, 6.07) is 5.73. The van der Waals surface area contributed by atoms with E-state index in [2.05, 4.69) is 20.5 Å². The standard InChI is InChI=1S/C25H21F7N4O3S/c1-40-11-20(37)34-22-21-18(35-36(22)14-5-6-16(26)17(27)8-14)9-19(33-23(21)38)24(28,29)10-13-3-2-4-15(7-13)39-12-25(30,31)32/h2-8,19H,9-12H2,1H3,(H,33,38)(H,34,37). The van der Waals surface area contributed by atoms with Gasteiger partial charge in [-0.2, -0.15) is 30.0 Å². The zero-order chi connectivity index (χ0) is 29.2. The van der Waals surface area contributed by atoms with Crippen molar-refractivity contribution in [2.45, 2.75) is 31.0 Å². The Labute approximate surface area is 227 Å². The van der Waals surface area contributed by atoms with Crippen LogP contribution >= 0.6 is 11.8 Å². The fraction of sp³-hybridized carbons (Fsp3) is 0.320. The highest BCUT2D eigenvalue weighted by molar-refractivity contribution is 7.99. The van der Waals surface area contributed by atoms with Crippen LogP contribution in [0.2, 0.25) is 0 Å². The van der Waals surface area contributed by atoms with E-state index >= 15 is 8.78 Å². The van der Waals surface area contributed by atoms with Crippen molar-refractivity contribution >= 4 is 29.4 Å². The lowest BCUT2D eigenvalue weighted by atomic mass is 9.93. The number of nitrogens with one attached hydrogen (secondary N) is 2. The summed E-state index contributed by atoms with van der Waals surface area (Å²) in [4.78, 5) is 25.4. The summed E-state index contributed by atoms with van der Waals surface area (Å²) in [6.07, 6.45) is -4.40. The van der Waals surface area contributed by atoms with Gasteiger partial charge in [0.25, 0.3) is 11.8 Å². The molecule has 3 aromatic rings. The molecule has 1 aromatic heterocycles. The molecule has 0 saturated carbocycles. The monoisotopic (exact) mass is 590 g/mol. The first-order valence-electron chi connectivity index (χ1n) is 11.6. The molecular weight excluding hydrogens is 569 g/mol. The Hall–Kier alpha value is -3.75. The van der Waals surface area contributed by atoms with Crippen LogP contribution in [-0.4, -0.2) is 58.4 Å². The first-order valence-corrected chi connectivity index (χ1v) is 13.0. The molecular formula is C25H21F7N4O3S. The summed E-state index contributed by atoms with van der Waals surface area (Å²) in [5, 5.41) is 8.87. The number of nitrogens with zero attached hydrogens (tertiary/aromatic N) is 2. The van der Waals surface area contributed by atoms with Crippen molar-refractivity contribution in [1.82, 2.24) is 15.1 Å². The number of hydrogen-bond donors (Lipinski definition) is 2. The lowest BCUT2D eigenvalue weighted by Crippen LogP contribution is -2.53. The number of anilines is 1. The number of fused-ring (bicyclic) bond motifs is 1. The van der Waals surface area contributed by atoms with E-state index in [1.54, 1.807) is 6.26 Å². The minimum absolute atomic E-state index is 0.0220. The summed E-state index contributed by atoms with van der Waals surface area (Å²) in [5.41, 5.74) is -0.449. The van der Waals surface area contributed by atoms with Crippen LogP contribution in [0.5, 0.6) is 5.75 Å². The molecule has 0 fully saturated rings. The van der Waals surface area contributed by atoms with E-state index in [0.29, 0.717) is 0 Å². The number of benzene rings is 2. The summed E-state index contributed by atoms with van der Waals surface area (Å²) in [7, 11) is 0. The van der Waals surface area contributed by atoms with E-state index < -0.39 is 61.0 Å². The molecule has 40 heavy (non-hydrogen) atoms. The molecule has 1 unspecified atom stereocenters. The van der Waals surface area contributed by atoms with Gasteiger partial charge in [0.05, 0.1) is 23.2 Å². The van der Waals surface area contributed by atoms with Crippen LogP contribution in [0.1, 0.15) is 21.6 Å². The fourth-order valence-corrected chi connectivity index (χ4v) is 4.43. The van der Waals surface area contributed by atoms with Crippen LogP contribution in [0.4, 0.5) is 36.6 Å². The summed E-state index contributed by atoms with van der Waals surface area (Å²) < 4.78 is 101. The number of carbonyl (C=O) groups is 2. The van der Waals surface area contributed by atoms with Gasteiger partial charge >= 0.3 is 6.18 Å². The van der Waals surface area contributed by atoms with Gasteiger partial charge in [0, 0.05) is 18.9 Å². The molecule has 1 aliphatic heterocycles. The molecule has 1 atom stereocenters. The van der Waals surface area contributed by atoms with Crippen LogP contribution in [0, 0.1) is 11.6 Å². The maximum Gasteiger partial charge on any atom is 0.422 e. The van der Waals surface area contributed by atoms with Crippen molar-refractivity contribution in [3.63, 3.8) is 0 Å². The smallest absolute Gasteiger partial charge is 0.422 e. The lowest BCUT2D eigenvalue weighted by Gasteiger charge is -2.30. The highest BCUT2D eigenvalue weighted by Gasteiger charge is 2.45. The van der Waals surface area contributed by atoms with Crippen molar-refractivity contribution in [1.29, 1.82) is 0 Å². The lowest BCUT2D eigenvalue weighted by molar-refractivity contribution is -0.153. The Morgan fingerprint density at radius 3 is 2.58 bits per heavy atom. The predicted molar refractivity (Wildman–Crippen MR) is 132 cm³/mol. The van der Waals surface area contributed by atoms with E-state index in [-0.39, 0.29) is 39.8 Å². The van der Waals surface area contributed by atoms with Crippen molar-refractivity contribution < 1.29 is 45.1 Å². The largest absolute Gasteiger partial charge is 0.484 e. The number of aromatic nitrogens is 2. The average Bonchev–Trinajstić information content (AvgIpc) is 3.23. The van der Waals surface area contributed by atoms with Gasteiger partial charge < -0.3 is 15.4 Å². The maximum atomic E-state index is 15.4. The second-order valence-corrected chi connectivity index (χ2v) is 9.75. The molecule has 0 radical (unpaired) electrons. The Bertz CT molecular complexity index is 1430. The van der Waals surface area contributed by atoms with Gasteiger partial charge in [-0.3, -0.25) is 9.59 Å². The number of alkyl halides is 5. The van der Waals surface area contributed by atoms with Crippen LogP contribution in [0.25, 0.3) is 5.69 Å². The molecule has 2 amide bonds. The third-order valence-corrected chi connectivity index (χ3v) is 6.37. The van der Waals surface area contributed by atoms with Gasteiger partial charge in [0.1, 0.15) is 17.1 Å². The van der Waals surface area contributed by atoms with Crippen LogP contribution in [0.3, 0.4) is 0 Å². The van der Waals surface area contributed by atoms with Crippen molar-refractivity contribution in [2.24, 2.45) is 0 Å². The SMILES string of the molecule is CSCC(=O)Nc1c2c(nn1-c1ccc(F)c(F)c1)CC(C(F)(F)Cc1cccc(OCC(F)(F)F)c1)NC2=O. The van der Waals surface area contributed by atoms with Crippen molar-refractivity contribution in [2.75, 3.05) is 23.9 Å². The van der Waals surface area contributed by atoms with Gasteiger partial charge in [-0.05, 0) is 36.1 Å². The number of hydrogen-bond acceptors (Lipinski definition) is 5. The number of amides is 2. The average molecular weight is 591 g/mol. The van der Waals surface area contributed by atoms with Crippen molar-refractivity contribution in [3.8, 4) is 11.4 Å². The highest BCUT2D eigenvalue weighted by Crippen LogP contribution is 2.34. The van der Waals surface area contributed by atoms with Crippen molar-refractivity contribution in [3.05, 3.63) is 70.9 Å². The van der Waals surface area contributed by atoms with Crippen LogP contribution in [-0.2, 0) is 17.6 Å². The van der Waals surface area contributed by atoms with E-state index in [4.69, 9.17) is 0 Å². The molecule has 0 bridgehead atoms. The fourth-order valence-electron chi connectivity index (χ4n) is 4.10. The highest BCUT2D eigenvalue weighted by atomic mass is 32.2. The third kappa shape index (κ3) is 6.69. The predicted octanol–water partition coefficient (Wildman–Crippen LogP) is 4.93. The number of halogens is 7. The van der Waals surface area contributed by atoms with E-state index in [1.807, 2.05) is 0 Å². The van der Waals surface area contributed by atoms with Gasteiger partial charge in [-0.25, -0.2) is 22.2 Å². The zero-order valence-electron chi connectivity index (χ0n) is 20.6. The summed E-state index contributed by atoms with van der Waals surface area (Å²) in [5.74, 6) is -7.99. The first-order chi connectivity index (χ1) is 18.8. The second-order valence-electron chi connectivity index (χ2n) is 8.88. The van der Waals surface area contributed by atoms with E-state index in [0.717, 1.165) is 28.9 Å². The second kappa shape index (κ2) is 11.4. The molecule has 2 aromatic carbocycles. The number of rotatable bonds is 9. The topological polar surface area (TPSA) is 85.2 Å². The molecule has 7 nitrogen and oxygen atoms in total. The number of ether oxygens (including phenoxy) is 1. The molecule has 0 saturated heterocycles. The number of thioether (sulfide) groups is 1. The Morgan fingerprint density at radius 2 is 1.90 bits per heavy atom. The van der Waals surface area contributed by atoms with Gasteiger partial charge in [-0.1, -0.05) is 12.1 Å².